The van der Waals surface area contributed by atoms with Gasteiger partial charge in [0.2, 0.25) is 0 Å². The zero-order valence-electron chi connectivity index (χ0n) is 3.95. The van der Waals surface area contributed by atoms with Gasteiger partial charge in [0, 0.05) is 18.3 Å². The third kappa shape index (κ3) is 5200. The molecule has 0 bridgehead atoms. The van der Waals surface area contributed by atoms with Gasteiger partial charge in [-0.3, -0.25) is 0 Å². The molecule has 9 heavy (non-hydrogen) atoms. The molecule has 0 saturated carbocycles. The zero-order chi connectivity index (χ0) is 7.15. The van der Waals surface area contributed by atoms with Crippen LogP contribution >= 0.6 is 0 Å². The minimum absolute atomic E-state index is 0. The molecule has 0 amide bonds. The van der Waals surface area contributed by atoms with Crippen molar-refractivity contribution in [3.8, 4) is 0 Å². The Bertz CT molecular complexity index is 69.1. The third-order valence-corrected chi connectivity index (χ3v) is 0. The fourth-order valence-corrected chi connectivity index (χ4v) is 0. The van der Waals surface area contributed by atoms with E-state index in [9.17, 15) is 0 Å². The van der Waals surface area contributed by atoms with Crippen LogP contribution in [0, 0.1) is 0 Å². The third-order valence-electron chi connectivity index (χ3n) is 0. The van der Waals surface area contributed by atoms with Gasteiger partial charge in [0.1, 0.15) is 0 Å². The van der Waals surface area contributed by atoms with E-state index in [-0.39, 0.29) is 17.6 Å². The van der Waals surface area contributed by atoms with Crippen LogP contribution in [0.4, 0.5) is 0 Å². The molecule has 0 aliphatic rings. The molecule has 48 valence electrons. The second kappa shape index (κ2) is 10.7. The molecule has 0 aliphatic carbocycles. The molecule has 0 aromatic carbocycles. The van der Waals surface area contributed by atoms with Crippen LogP contribution in [0.3, 0.4) is 0 Å². The normalized spacial score (nSPS) is 5.33. The summed E-state index contributed by atoms with van der Waals surface area (Å²) in [6.07, 6.45) is 0. The molecule has 0 aromatic heterocycles. The number of hydrogen-bond donors (Lipinski definition) is 0. The topological polar surface area (TPSA) is 126 Å². The minimum atomic E-state index is -3.63. The van der Waals surface area contributed by atoms with E-state index in [1.165, 1.54) is 0 Å². The summed E-state index contributed by atoms with van der Waals surface area (Å²) in [6.45, 7) is 0. The Labute approximate surface area is 64.6 Å². The van der Waals surface area contributed by atoms with Crippen LogP contribution in [0.15, 0.2) is 0 Å². The summed E-state index contributed by atoms with van der Waals surface area (Å²) in [5, 5.41) is 0. The molecule has 0 aliphatic heterocycles. The second-order valence-electron chi connectivity index (χ2n) is 0.500. The molecule has 0 spiro atoms. The Morgan fingerprint density at radius 1 is 0.778 bits per heavy atom. The smallest absolute Gasteiger partial charge is 0.672 e. The van der Waals surface area contributed by atoms with Gasteiger partial charge in [-0.2, -0.15) is 0 Å². The first-order valence-electron chi connectivity index (χ1n) is 1.22. The van der Waals surface area contributed by atoms with Crippen LogP contribution in [0.25, 0.3) is 0 Å². The Balaban J connectivity index is -0.0000000720. The summed E-state index contributed by atoms with van der Waals surface area (Å²) in [4.78, 5) is 34.1. The summed E-state index contributed by atoms with van der Waals surface area (Å²) in [5.74, 6) is 0. The van der Waals surface area contributed by atoms with Crippen LogP contribution in [-0.2, 0) is 8.92 Å². The summed E-state index contributed by atoms with van der Waals surface area (Å²) < 4.78 is 17.0. The first-order chi connectivity index (χ1) is 3.46. The van der Waals surface area contributed by atoms with Gasteiger partial charge in [-0.15, -0.1) is 0 Å². The zero-order valence-corrected chi connectivity index (χ0v) is 8.05. The van der Waals surface area contributed by atoms with Crippen molar-refractivity contribution in [1.29, 1.82) is 0 Å². The molecule has 0 saturated heterocycles. The summed E-state index contributed by atoms with van der Waals surface area (Å²) in [6, 6.07) is 0. The maximum absolute atomic E-state index is 8.52. The Hall–Kier alpha value is -0.223. The molecule has 0 N–H and O–H groups in total. The van der Waals surface area contributed by atoms with Crippen molar-refractivity contribution in [2.75, 3.05) is 0 Å². The Morgan fingerprint density at radius 2 is 0.778 bits per heavy atom. The van der Waals surface area contributed by atoms with E-state index < -0.39 is 18.3 Å². The fraction of sp³-hybridized carbons (Fsp3) is 0. The predicted octanol–water partition coefficient (Wildman–Crippen LogP) is -6.14. The van der Waals surface area contributed by atoms with Crippen molar-refractivity contribution in [3.63, 3.8) is 0 Å². The van der Waals surface area contributed by atoms with Gasteiger partial charge in [-0.05, 0) is 0 Å². The standard InChI is InChI=1S/Ge.2O3Si/c;2*1-4(2)3/q+4;2*-2. The molecule has 0 fully saturated rings. The van der Waals surface area contributed by atoms with Gasteiger partial charge in [-0.1, -0.05) is 0 Å². The molecule has 0 aromatic rings. The van der Waals surface area contributed by atoms with Crippen molar-refractivity contribution >= 4 is 35.9 Å². The van der Waals surface area contributed by atoms with Gasteiger partial charge < -0.3 is 28.1 Å². The van der Waals surface area contributed by atoms with Crippen LogP contribution < -0.4 is 19.2 Å². The average Bonchev–Trinajstić information content (AvgIpc) is 1.25. The summed E-state index contributed by atoms with van der Waals surface area (Å²) >= 11 is 0. The first-order valence-corrected chi connectivity index (χ1v) is 3.67. The van der Waals surface area contributed by atoms with E-state index >= 15 is 0 Å². The molecular weight excluding hydrogens is 225 g/mol. The van der Waals surface area contributed by atoms with Gasteiger partial charge in [0.05, 0.1) is 0 Å². The summed E-state index contributed by atoms with van der Waals surface area (Å²) in [5.41, 5.74) is 0. The van der Waals surface area contributed by atoms with Crippen molar-refractivity contribution in [2.45, 2.75) is 0 Å². The van der Waals surface area contributed by atoms with Crippen molar-refractivity contribution in [2.24, 2.45) is 0 Å². The van der Waals surface area contributed by atoms with Crippen LogP contribution in [0.5, 0.6) is 0 Å². The minimum Gasteiger partial charge on any atom is -0.672 e. The summed E-state index contributed by atoms with van der Waals surface area (Å²) in [7, 11) is -7.26. The average molecular weight is 225 g/mol. The molecule has 0 radical (unpaired) electrons. The molecule has 6 nitrogen and oxygen atoms in total. The van der Waals surface area contributed by atoms with Crippen LogP contribution in [0.1, 0.15) is 0 Å². The van der Waals surface area contributed by atoms with Gasteiger partial charge in [0.15, 0.2) is 0 Å². The van der Waals surface area contributed by atoms with Crippen LogP contribution in [-0.4, -0.2) is 35.9 Å². The SMILES string of the molecule is O=[Si]([O-])[O-].O=[Si]([O-])[O-].[Ge+4]. The van der Waals surface area contributed by atoms with E-state index in [2.05, 4.69) is 0 Å². The molecule has 9 heteroatoms. The second-order valence-corrected chi connectivity index (χ2v) is 1.50. The largest absolute Gasteiger partial charge is 4.00 e. The Kier molecular flexibility index (Phi) is 18.9. The molecule has 0 unspecified atom stereocenters. The van der Waals surface area contributed by atoms with E-state index in [0.29, 0.717) is 0 Å². The van der Waals surface area contributed by atoms with E-state index in [4.69, 9.17) is 28.1 Å². The monoisotopic (exact) mass is 226 g/mol. The first kappa shape index (κ1) is 15.9. The van der Waals surface area contributed by atoms with Gasteiger partial charge in [0.25, 0.3) is 0 Å². The van der Waals surface area contributed by atoms with E-state index in [0.717, 1.165) is 0 Å². The van der Waals surface area contributed by atoms with E-state index in [1.807, 2.05) is 0 Å². The van der Waals surface area contributed by atoms with Gasteiger partial charge in [-0.25, -0.2) is 0 Å². The maximum atomic E-state index is 8.52. The van der Waals surface area contributed by atoms with Crippen LogP contribution in [0.2, 0.25) is 0 Å². The van der Waals surface area contributed by atoms with Gasteiger partial charge >= 0.3 is 17.6 Å². The molecular formula is GeO6Si2. The van der Waals surface area contributed by atoms with Crippen molar-refractivity contribution < 1.29 is 28.1 Å². The Morgan fingerprint density at radius 3 is 0.778 bits per heavy atom. The molecule has 0 heterocycles. The number of hydrogen-bond acceptors (Lipinski definition) is 6. The van der Waals surface area contributed by atoms with Crippen molar-refractivity contribution in [3.05, 3.63) is 0 Å². The number of rotatable bonds is 0. The molecule has 0 rings (SSSR count). The predicted molar refractivity (Wildman–Crippen MR) is 18.6 cm³/mol. The quantitative estimate of drug-likeness (QED) is 0.377. The fourth-order valence-electron chi connectivity index (χ4n) is 0. The van der Waals surface area contributed by atoms with E-state index in [1.54, 1.807) is 0 Å². The van der Waals surface area contributed by atoms with Crippen molar-refractivity contribution in [1.82, 2.24) is 0 Å². The molecule has 0 atom stereocenters. The maximum Gasteiger partial charge on any atom is 4.00 e.